The predicted octanol–water partition coefficient (Wildman–Crippen LogP) is 3.92. The van der Waals surface area contributed by atoms with E-state index in [1.165, 1.54) is 13.2 Å². The molecule has 1 heterocycles. The fourth-order valence-electron chi connectivity index (χ4n) is 2.45. The zero-order valence-corrected chi connectivity index (χ0v) is 15.8. The van der Waals surface area contributed by atoms with Crippen LogP contribution in [-0.4, -0.2) is 35.4 Å². The molecule has 0 fully saturated rings. The van der Waals surface area contributed by atoms with Gasteiger partial charge < -0.3 is 9.47 Å². The molecule has 0 amide bonds. The Morgan fingerprint density at radius 1 is 1.11 bits per heavy atom. The van der Waals surface area contributed by atoms with E-state index in [0.29, 0.717) is 16.3 Å². The van der Waals surface area contributed by atoms with Crippen molar-refractivity contribution in [3.05, 3.63) is 77.5 Å². The highest BCUT2D eigenvalue weighted by Crippen LogP contribution is 2.26. The van der Waals surface area contributed by atoms with Gasteiger partial charge in [-0.2, -0.15) is 5.10 Å². The topological polar surface area (TPSA) is 70.4 Å². The van der Waals surface area contributed by atoms with Gasteiger partial charge in [-0.1, -0.05) is 41.9 Å². The number of hydrogen-bond donors (Lipinski definition) is 0. The number of rotatable bonds is 6. The summed E-state index contributed by atoms with van der Waals surface area (Å²) in [6, 6.07) is 16.9. The molecule has 0 saturated carbocycles. The highest BCUT2D eigenvalue weighted by Gasteiger charge is 2.11. The third kappa shape index (κ3) is 4.86. The summed E-state index contributed by atoms with van der Waals surface area (Å²) < 4.78 is 11.0. The van der Waals surface area contributed by atoms with Gasteiger partial charge in [-0.15, -0.1) is 0 Å². The first-order chi connectivity index (χ1) is 13.6. The number of hydrogen-bond acceptors (Lipinski definition) is 5. The summed E-state index contributed by atoms with van der Waals surface area (Å²) in [6.45, 7) is -0.438. The second-order valence-corrected chi connectivity index (χ2v) is 6.17. The Morgan fingerprint density at radius 3 is 2.50 bits per heavy atom. The summed E-state index contributed by atoms with van der Waals surface area (Å²) in [4.78, 5) is 22.9. The fourth-order valence-corrected chi connectivity index (χ4v) is 2.58. The van der Waals surface area contributed by atoms with Crippen LogP contribution in [0.2, 0.25) is 5.02 Å². The summed E-state index contributed by atoms with van der Waals surface area (Å²) in [7, 11) is 1.22. The molecule has 28 heavy (non-hydrogen) atoms. The molecular formula is C21H17ClN2O4. The summed E-state index contributed by atoms with van der Waals surface area (Å²) in [5, 5.41) is 5.26. The first kappa shape index (κ1) is 19.4. The van der Waals surface area contributed by atoms with Gasteiger partial charge in [0.1, 0.15) is 0 Å². The van der Waals surface area contributed by atoms with E-state index >= 15 is 0 Å². The van der Waals surface area contributed by atoms with Crippen LogP contribution in [-0.2, 0) is 19.1 Å². The molecule has 0 aliphatic rings. The maximum atomic E-state index is 11.8. The number of carbonyl (C=O) groups excluding carboxylic acids is 2. The van der Waals surface area contributed by atoms with E-state index in [1.807, 2.05) is 48.7 Å². The summed E-state index contributed by atoms with van der Waals surface area (Å²) in [5.41, 5.74) is 3.12. The third-order valence-electron chi connectivity index (χ3n) is 3.84. The van der Waals surface area contributed by atoms with Crippen LogP contribution < -0.4 is 0 Å². The molecule has 0 unspecified atom stereocenters. The Morgan fingerprint density at radius 2 is 1.82 bits per heavy atom. The van der Waals surface area contributed by atoms with Crippen LogP contribution in [0.25, 0.3) is 23.0 Å². The number of carbonyl (C=O) groups is 2. The van der Waals surface area contributed by atoms with E-state index in [0.717, 1.165) is 11.3 Å². The van der Waals surface area contributed by atoms with E-state index < -0.39 is 18.5 Å². The molecule has 0 atom stereocenters. The molecule has 3 rings (SSSR count). The van der Waals surface area contributed by atoms with Gasteiger partial charge in [-0.25, -0.2) is 14.3 Å². The van der Waals surface area contributed by atoms with Crippen LogP contribution in [0.15, 0.2) is 66.9 Å². The number of nitrogens with zero attached hydrogens (tertiary/aromatic N) is 2. The second-order valence-electron chi connectivity index (χ2n) is 5.74. The lowest BCUT2D eigenvalue weighted by atomic mass is 10.1. The van der Waals surface area contributed by atoms with Crippen LogP contribution in [0.3, 0.4) is 0 Å². The molecule has 2 aromatic carbocycles. The maximum absolute atomic E-state index is 11.8. The molecule has 0 N–H and O–H groups in total. The number of esters is 2. The zero-order chi connectivity index (χ0) is 19.9. The van der Waals surface area contributed by atoms with Gasteiger partial charge in [-0.3, -0.25) is 0 Å². The first-order valence-electron chi connectivity index (χ1n) is 8.39. The van der Waals surface area contributed by atoms with Crippen LogP contribution in [0.5, 0.6) is 0 Å². The van der Waals surface area contributed by atoms with E-state index in [4.69, 9.17) is 16.3 Å². The minimum absolute atomic E-state index is 0.438. The Hall–Kier alpha value is -3.38. The minimum atomic E-state index is -0.653. The van der Waals surface area contributed by atoms with Gasteiger partial charge >= 0.3 is 11.9 Å². The molecule has 6 nitrogen and oxygen atoms in total. The lowest BCUT2D eigenvalue weighted by molar-refractivity contribution is -0.154. The molecule has 0 saturated heterocycles. The average molecular weight is 397 g/mol. The molecule has 0 bridgehead atoms. The quantitative estimate of drug-likeness (QED) is 0.466. The first-order valence-corrected chi connectivity index (χ1v) is 8.77. The normalized spacial score (nSPS) is 10.8. The van der Waals surface area contributed by atoms with Crippen molar-refractivity contribution in [2.45, 2.75) is 0 Å². The third-order valence-corrected chi connectivity index (χ3v) is 4.09. The molecule has 0 radical (unpaired) electrons. The van der Waals surface area contributed by atoms with Crippen molar-refractivity contribution in [3.8, 4) is 16.9 Å². The summed E-state index contributed by atoms with van der Waals surface area (Å²) >= 11 is 5.98. The standard InChI is InChI=1S/C21H17ClN2O4/c1-27-20(26)14-28-19(25)12-9-16-13-24(18-5-3-2-4-6-18)23-21(16)15-7-10-17(22)11-8-15/h2-13H,14H2,1H3/b12-9+. The Labute approximate surface area is 167 Å². The van der Waals surface area contributed by atoms with Gasteiger partial charge in [-0.05, 0) is 30.3 Å². The molecule has 0 aliphatic heterocycles. The van der Waals surface area contributed by atoms with Crippen molar-refractivity contribution < 1.29 is 19.1 Å². The number of methoxy groups -OCH3 is 1. The number of benzene rings is 2. The molecule has 1 aromatic heterocycles. The molecular weight excluding hydrogens is 380 g/mol. The van der Waals surface area contributed by atoms with Crippen molar-refractivity contribution in [2.75, 3.05) is 13.7 Å². The van der Waals surface area contributed by atoms with E-state index in [2.05, 4.69) is 9.84 Å². The van der Waals surface area contributed by atoms with Crippen LogP contribution in [0.1, 0.15) is 5.56 Å². The van der Waals surface area contributed by atoms with Crippen molar-refractivity contribution in [3.63, 3.8) is 0 Å². The van der Waals surface area contributed by atoms with Gasteiger partial charge in [0, 0.05) is 28.4 Å². The van der Waals surface area contributed by atoms with Crippen molar-refractivity contribution >= 4 is 29.6 Å². The number of aromatic nitrogens is 2. The van der Waals surface area contributed by atoms with Gasteiger partial charge in [0.2, 0.25) is 0 Å². The monoisotopic (exact) mass is 396 g/mol. The smallest absolute Gasteiger partial charge is 0.344 e. The Bertz CT molecular complexity index is 995. The summed E-state index contributed by atoms with van der Waals surface area (Å²) in [5.74, 6) is -1.28. The predicted molar refractivity (Wildman–Crippen MR) is 106 cm³/mol. The minimum Gasteiger partial charge on any atom is -0.466 e. The highest BCUT2D eigenvalue weighted by molar-refractivity contribution is 6.30. The Balaban J connectivity index is 1.91. The SMILES string of the molecule is COC(=O)COC(=O)/C=C/c1cn(-c2ccccc2)nc1-c1ccc(Cl)cc1. The Kier molecular flexibility index (Phi) is 6.24. The maximum Gasteiger partial charge on any atom is 0.344 e. The van der Waals surface area contributed by atoms with E-state index in [9.17, 15) is 9.59 Å². The van der Waals surface area contributed by atoms with E-state index in [-0.39, 0.29) is 0 Å². The van der Waals surface area contributed by atoms with Gasteiger partial charge in [0.15, 0.2) is 6.61 Å². The summed E-state index contributed by atoms with van der Waals surface area (Å²) in [6.07, 6.45) is 4.65. The van der Waals surface area contributed by atoms with Gasteiger partial charge in [0.25, 0.3) is 0 Å². The molecule has 3 aromatic rings. The second kappa shape index (κ2) is 9.01. The fraction of sp³-hybridized carbons (Fsp3) is 0.0952. The largest absolute Gasteiger partial charge is 0.466 e. The van der Waals surface area contributed by atoms with Gasteiger partial charge in [0.05, 0.1) is 18.5 Å². The lowest BCUT2D eigenvalue weighted by Gasteiger charge is -2.01. The molecule has 142 valence electrons. The van der Waals surface area contributed by atoms with Crippen molar-refractivity contribution in [1.29, 1.82) is 0 Å². The lowest BCUT2D eigenvalue weighted by Crippen LogP contribution is -2.13. The average Bonchev–Trinajstić information content (AvgIpc) is 3.16. The number of para-hydroxylation sites is 1. The number of halogens is 1. The van der Waals surface area contributed by atoms with Crippen LogP contribution >= 0.6 is 11.6 Å². The number of ether oxygens (including phenoxy) is 2. The van der Waals surface area contributed by atoms with Crippen LogP contribution in [0.4, 0.5) is 0 Å². The highest BCUT2D eigenvalue weighted by atomic mass is 35.5. The van der Waals surface area contributed by atoms with Crippen molar-refractivity contribution in [2.24, 2.45) is 0 Å². The molecule has 0 spiro atoms. The van der Waals surface area contributed by atoms with Crippen molar-refractivity contribution in [1.82, 2.24) is 9.78 Å². The molecule has 7 heteroatoms. The molecule has 0 aliphatic carbocycles. The zero-order valence-electron chi connectivity index (χ0n) is 15.0. The van der Waals surface area contributed by atoms with E-state index in [1.54, 1.807) is 22.9 Å². The van der Waals surface area contributed by atoms with Crippen LogP contribution in [0, 0.1) is 0 Å².